The average Bonchev–Trinajstić information content (AvgIpc) is 2.82. The monoisotopic (exact) mass is 311 g/mol. The van der Waals surface area contributed by atoms with E-state index in [1.165, 1.54) is 0 Å². The Balaban J connectivity index is 1.97. The van der Waals surface area contributed by atoms with Crippen molar-refractivity contribution < 1.29 is 23.8 Å². The number of likely N-dealkylation sites (tertiary alicyclic amines) is 1. The molecule has 0 bridgehead atoms. The summed E-state index contributed by atoms with van der Waals surface area (Å²) in [5.41, 5.74) is -0.512. The van der Waals surface area contributed by atoms with Crippen LogP contribution in [0.25, 0.3) is 0 Å². The topological polar surface area (TPSA) is 65.1 Å². The van der Waals surface area contributed by atoms with Crippen LogP contribution in [-0.2, 0) is 14.2 Å². The Bertz CT molecular complexity index is 454. The van der Waals surface area contributed by atoms with Crippen LogP contribution >= 0.6 is 0 Å². The average molecular weight is 311 g/mol. The van der Waals surface area contributed by atoms with Crippen molar-refractivity contribution in [3.8, 4) is 0 Å². The second-order valence-electron chi connectivity index (χ2n) is 6.72. The molecule has 6 nitrogen and oxygen atoms in total. The van der Waals surface area contributed by atoms with Gasteiger partial charge in [-0.3, -0.25) is 0 Å². The van der Waals surface area contributed by atoms with Crippen LogP contribution in [0.1, 0.15) is 34.1 Å². The Morgan fingerprint density at radius 1 is 1.27 bits per heavy atom. The molecule has 22 heavy (non-hydrogen) atoms. The lowest BCUT2D eigenvalue weighted by atomic mass is 9.84. The van der Waals surface area contributed by atoms with E-state index >= 15 is 0 Å². The fraction of sp³-hybridized carbons (Fsp3) is 0.750. The summed E-state index contributed by atoms with van der Waals surface area (Å²) < 4.78 is 15.6. The molecule has 0 radical (unpaired) electrons. The molecule has 3 unspecified atom stereocenters. The summed E-state index contributed by atoms with van der Waals surface area (Å²) in [6.45, 7) is 8.71. The molecule has 0 saturated carbocycles. The third kappa shape index (κ3) is 4.15. The Hall–Kier alpha value is -1.72. The van der Waals surface area contributed by atoms with Crippen LogP contribution in [0.2, 0.25) is 0 Å². The van der Waals surface area contributed by atoms with Crippen LogP contribution in [0.3, 0.4) is 0 Å². The summed E-state index contributed by atoms with van der Waals surface area (Å²) in [7, 11) is 0. The molecule has 1 aliphatic heterocycles. The van der Waals surface area contributed by atoms with Crippen LogP contribution in [0, 0.1) is 11.8 Å². The van der Waals surface area contributed by atoms with E-state index in [-0.39, 0.29) is 24.0 Å². The van der Waals surface area contributed by atoms with Crippen molar-refractivity contribution >= 4 is 12.2 Å². The second-order valence-corrected chi connectivity index (χ2v) is 6.72. The van der Waals surface area contributed by atoms with Gasteiger partial charge in [0.15, 0.2) is 0 Å². The minimum atomic E-state index is -0.641. The number of carbonyl (C=O) groups is 2. The minimum absolute atomic E-state index is 0.0990. The van der Waals surface area contributed by atoms with Crippen molar-refractivity contribution in [3.05, 3.63) is 12.2 Å². The molecule has 1 saturated heterocycles. The van der Waals surface area contributed by atoms with Gasteiger partial charge in [-0.15, -0.1) is 0 Å². The quantitative estimate of drug-likeness (QED) is 0.579. The fourth-order valence-corrected chi connectivity index (χ4v) is 2.90. The third-order valence-electron chi connectivity index (χ3n) is 3.80. The zero-order valence-electron chi connectivity index (χ0n) is 13.7. The molecule has 124 valence electrons. The van der Waals surface area contributed by atoms with E-state index < -0.39 is 11.8 Å². The lowest BCUT2D eigenvalue weighted by molar-refractivity contribution is -0.000609. The number of nitrogens with zero attached hydrogens (tertiary/aromatic N) is 1. The maximum Gasteiger partial charge on any atom is 0.508 e. The third-order valence-corrected chi connectivity index (χ3v) is 3.80. The molecule has 2 rings (SSSR count). The van der Waals surface area contributed by atoms with Gasteiger partial charge in [0.05, 0.1) is 6.61 Å². The van der Waals surface area contributed by atoms with E-state index in [2.05, 4.69) is 6.08 Å². The molecule has 0 aromatic rings. The van der Waals surface area contributed by atoms with Gasteiger partial charge in [-0.25, -0.2) is 9.59 Å². The number of carbonyl (C=O) groups excluding carboxylic acids is 2. The number of ether oxygens (including phenoxy) is 3. The highest BCUT2D eigenvalue weighted by Crippen LogP contribution is 2.35. The highest BCUT2D eigenvalue weighted by molar-refractivity contribution is 5.68. The van der Waals surface area contributed by atoms with E-state index in [9.17, 15) is 9.59 Å². The van der Waals surface area contributed by atoms with Crippen molar-refractivity contribution in [2.24, 2.45) is 11.8 Å². The lowest BCUT2D eigenvalue weighted by Gasteiger charge is -2.28. The molecule has 3 atom stereocenters. The molecule has 1 fully saturated rings. The molecule has 0 aromatic carbocycles. The van der Waals surface area contributed by atoms with Crippen molar-refractivity contribution in [1.82, 2.24) is 4.90 Å². The van der Waals surface area contributed by atoms with Gasteiger partial charge in [0.2, 0.25) is 0 Å². The van der Waals surface area contributed by atoms with E-state index in [1.54, 1.807) is 11.8 Å². The van der Waals surface area contributed by atoms with Crippen LogP contribution < -0.4 is 0 Å². The smallest absolute Gasteiger partial charge is 0.444 e. The Kier molecular flexibility index (Phi) is 4.98. The van der Waals surface area contributed by atoms with Crippen LogP contribution in [0.15, 0.2) is 12.2 Å². The van der Waals surface area contributed by atoms with Crippen LogP contribution in [0.5, 0.6) is 0 Å². The molecular formula is C16H25NO5. The van der Waals surface area contributed by atoms with E-state index in [0.717, 1.165) is 0 Å². The Morgan fingerprint density at radius 2 is 2.00 bits per heavy atom. The molecule has 1 aliphatic carbocycles. The first-order valence-electron chi connectivity index (χ1n) is 7.78. The standard InChI is InChI=1S/C16H25NO5/c1-5-20-15(19)21-13-8-6-7-11-9-17(10-12(11)13)14(18)22-16(2,3)4/h6-7,11-13H,5,8-10H2,1-4H3. The SMILES string of the molecule is CCOC(=O)OC1CC=CC2CN(C(=O)OC(C)(C)C)CC21. The first kappa shape index (κ1) is 16.6. The van der Waals surface area contributed by atoms with Gasteiger partial charge in [-0.2, -0.15) is 0 Å². The number of fused-ring (bicyclic) bond motifs is 1. The van der Waals surface area contributed by atoms with Gasteiger partial charge < -0.3 is 19.1 Å². The molecule has 0 N–H and O–H groups in total. The zero-order valence-corrected chi connectivity index (χ0v) is 13.7. The zero-order chi connectivity index (χ0) is 16.3. The van der Waals surface area contributed by atoms with Gasteiger partial charge in [0, 0.05) is 31.3 Å². The van der Waals surface area contributed by atoms with E-state index in [0.29, 0.717) is 26.1 Å². The Labute approximate surface area is 131 Å². The summed E-state index contributed by atoms with van der Waals surface area (Å²) in [5.74, 6) is 0.294. The van der Waals surface area contributed by atoms with Crippen molar-refractivity contribution in [1.29, 1.82) is 0 Å². The van der Waals surface area contributed by atoms with Crippen molar-refractivity contribution in [2.75, 3.05) is 19.7 Å². The van der Waals surface area contributed by atoms with Gasteiger partial charge in [-0.1, -0.05) is 12.2 Å². The summed E-state index contributed by atoms with van der Waals surface area (Å²) in [6.07, 6.45) is 3.55. The van der Waals surface area contributed by atoms with Gasteiger partial charge >= 0.3 is 12.2 Å². The molecular weight excluding hydrogens is 286 g/mol. The summed E-state index contributed by atoms with van der Waals surface area (Å²) in [5, 5.41) is 0. The maximum absolute atomic E-state index is 12.2. The first-order valence-corrected chi connectivity index (χ1v) is 7.78. The lowest BCUT2D eigenvalue weighted by Crippen LogP contribution is -2.37. The van der Waals surface area contributed by atoms with Gasteiger partial charge in [-0.05, 0) is 27.7 Å². The highest BCUT2D eigenvalue weighted by atomic mass is 16.7. The molecule has 1 amide bonds. The molecule has 1 heterocycles. The summed E-state index contributed by atoms with van der Waals surface area (Å²) in [4.78, 5) is 25.4. The minimum Gasteiger partial charge on any atom is -0.444 e. The molecule has 2 aliphatic rings. The number of rotatable bonds is 2. The van der Waals surface area contributed by atoms with E-state index in [4.69, 9.17) is 14.2 Å². The van der Waals surface area contributed by atoms with Gasteiger partial charge in [0.25, 0.3) is 0 Å². The van der Waals surface area contributed by atoms with E-state index in [1.807, 2.05) is 26.8 Å². The first-order chi connectivity index (χ1) is 10.3. The Morgan fingerprint density at radius 3 is 2.64 bits per heavy atom. The maximum atomic E-state index is 12.2. The van der Waals surface area contributed by atoms with Crippen molar-refractivity contribution in [3.63, 3.8) is 0 Å². The second kappa shape index (κ2) is 6.58. The largest absolute Gasteiger partial charge is 0.508 e. The predicted octanol–water partition coefficient (Wildman–Crippen LogP) is 2.97. The number of hydrogen-bond acceptors (Lipinski definition) is 5. The van der Waals surface area contributed by atoms with Crippen LogP contribution in [-0.4, -0.2) is 48.5 Å². The fourth-order valence-electron chi connectivity index (χ4n) is 2.90. The highest BCUT2D eigenvalue weighted by Gasteiger charge is 2.42. The predicted molar refractivity (Wildman–Crippen MR) is 80.4 cm³/mol. The molecule has 6 heteroatoms. The molecule has 0 spiro atoms. The van der Waals surface area contributed by atoms with Crippen LogP contribution in [0.4, 0.5) is 9.59 Å². The summed E-state index contributed by atoms with van der Waals surface area (Å²) in [6, 6.07) is 0. The van der Waals surface area contributed by atoms with Crippen molar-refractivity contribution in [2.45, 2.75) is 45.8 Å². The summed E-state index contributed by atoms with van der Waals surface area (Å²) >= 11 is 0. The van der Waals surface area contributed by atoms with Gasteiger partial charge in [0.1, 0.15) is 11.7 Å². The molecule has 0 aromatic heterocycles. The normalized spacial score (nSPS) is 27.3. The number of hydrogen-bond donors (Lipinski definition) is 0. The number of amides is 1.